The highest BCUT2D eigenvalue weighted by atomic mass is 16.5. The Labute approximate surface area is 74.9 Å². The van der Waals surface area contributed by atoms with Gasteiger partial charge in [-0.25, -0.2) is 0 Å². The molecule has 2 heteroatoms. The molecular formula is C10H17NO. The molecule has 0 N–H and O–H groups in total. The van der Waals surface area contributed by atoms with E-state index in [4.69, 9.17) is 11.2 Å². The van der Waals surface area contributed by atoms with Crippen molar-refractivity contribution >= 4 is 0 Å². The van der Waals surface area contributed by atoms with Crippen molar-refractivity contribution in [1.29, 1.82) is 0 Å². The second-order valence-corrected chi connectivity index (χ2v) is 3.91. The molecule has 0 bridgehead atoms. The molecule has 0 saturated carbocycles. The molecule has 1 aliphatic heterocycles. The Hall–Kier alpha value is -0.520. The van der Waals surface area contributed by atoms with Crippen LogP contribution in [0.2, 0.25) is 0 Å². The van der Waals surface area contributed by atoms with Crippen LogP contribution in [0, 0.1) is 17.8 Å². The lowest BCUT2D eigenvalue weighted by atomic mass is 9.91. The quantitative estimate of drug-likeness (QED) is 0.581. The highest BCUT2D eigenvalue weighted by molar-refractivity contribution is 4.94. The van der Waals surface area contributed by atoms with Gasteiger partial charge in [-0.05, 0) is 13.0 Å². The van der Waals surface area contributed by atoms with E-state index in [2.05, 4.69) is 17.7 Å². The first-order chi connectivity index (χ1) is 5.70. The van der Waals surface area contributed by atoms with Gasteiger partial charge < -0.3 is 4.74 Å². The third kappa shape index (κ3) is 2.23. The molecule has 0 aromatic rings. The molecule has 0 radical (unpaired) electrons. The molecule has 0 spiro atoms. The van der Waals surface area contributed by atoms with Gasteiger partial charge in [0.25, 0.3) is 0 Å². The molecular weight excluding hydrogens is 150 g/mol. The van der Waals surface area contributed by atoms with Crippen molar-refractivity contribution in [2.45, 2.75) is 13.3 Å². The van der Waals surface area contributed by atoms with Gasteiger partial charge in [0.05, 0.1) is 13.2 Å². The van der Waals surface area contributed by atoms with Gasteiger partial charge in [-0.3, -0.25) is 4.90 Å². The summed E-state index contributed by atoms with van der Waals surface area (Å²) < 4.78 is 5.18. The Morgan fingerprint density at radius 1 is 1.67 bits per heavy atom. The highest BCUT2D eigenvalue weighted by Gasteiger charge is 2.32. The fourth-order valence-corrected chi connectivity index (χ4v) is 1.86. The van der Waals surface area contributed by atoms with E-state index >= 15 is 0 Å². The van der Waals surface area contributed by atoms with Crippen molar-refractivity contribution in [2.24, 2.45) is 5.41 Å². The Kier molecular flexibility index (Phi) is 3.13. The number of methoxy groups -OCH3 is 1. The molecule has 0 amide bonds. The smallest absolute Gasteiger partial charge is 0.0599 e. The Morgan fingerprint density at radius 2 is 2.42 bits per heavy atom. The maximum absolute atomic E-state index is 5.25. The average Bonchev–Trinajstić information content (AvgIpc) is 2.34. The number of nitrogens with zero attached hydrogens (tertiary/aromatic N) is 1. The molecule has 1 fully saturated rings. The number of likely N-dealkylation sites (tertiary alicyclic amines) is 1. The molecule has 0 aromatic heterocycles. The molecule has 12 heavy (non-hydrogen) atoms. The lowest BCUT2D eigenvalue weighted by molar-refractivity contribution is 0.0975. The lowest BCUT2D eigenvalue weighted by Crippen LogP contribution is -2.28. The van der Waals surface area contributed by atoms with Crippen LogP contribution in [0.3, 0.4) is 0 Å². The number of terminal acetylenes is 1. The summed E-state index contributed by atoms with van der Waals surface area (Å²) in [6, 6.07) is 0. The molecule has 1 unspecified atom stereocenters. The first-order valence-corrected chi connectivity index (χ1v) is 4.35. The molecule has 1 rings (SSSR count). The van der Waals surface area contributed by atoms with Crippen LogP contribution < -0.4 is 0 Å². The van der Waals surface area contributed by atoms with Crippen LogP contribution in [-0.4, -0.2) is 38.3 Å². The SMILES string of the molecule is C#CCN1CCC(C)(COC)C1. The van der Waals surface area contributed by atoms with Gasteiger partial charge in [-0.15, -0.1) is 6.42 Å². The third-order valence-electron chi connectivity index (χ3n) is 2.44. The average molecular weight is 167 g/mol. The van der Waals surface area contributed by atoms with E-state index < -0.39 is 0 Å². The Bertz CT molecular complexity index is 185. The van der Waals surface area contributed by atoms with Crippen molar-refractivity contribution in [3.63, 3.8) is 0 Å². The third-order valence-corrected chi connectivity index (χ3v) is 2.44. The van der Waals surface area contributed by atoms with Crippen LogP contribution in [0.25, 0.3) is 0 Å². The van der Waals surface area contributed by atoms with Crippen molar-refractivity contribution in [3.8, 4) is 12.3 Å². The predicted octanol–water partition coefficient (Wildman–Crippen LogP) is 0.978. The van der Waals surface area contributed by atoms with E-state index in [1.54, 1.807) is 7.11 Å². The van der Waals surface area contributed by atoms with Crippen LogP contribution in [0.4, 0.5) is 0 Å². The molecule has 0 aromatic carbocycles. The summed E-state index contributed by atoms with van der Waals surface area (Å²) in [5.74, 6) is 2.67. The Morgan fingerprint density at radius 3 is 3.00 bits per heavy atom. The number of ether oxygens (including phenoxy) is 1. The number of hydrogen-bond acceptors (Lipinski definition) is 2. The monoisotopic (exact) mass is 167 g/mol. The van der Waals surface area contributed by atoms with Gasteiger partial charge in [-0.1, -0.05) is 12.8 Å². The van der Waals surface area contributed by atoms with Gasteiger partial charge in [0.15, 0.2) is 0 Å². The van der Waals surface area contributed by atoms with Crippen LogP contribution in [-0.2, 0) is 4.74 Å². The summed E-state index contributed by atoms with van der Waals surface area (Å²) in [6.07, 6.45) is 6.44. The molecule has 0 aliphatic carbocycles. The zero-order valence-electron chi connectivity index (χ0n) is 7.97. The van der Waals surface area contributed by atoms with Crippen molar-refractivity contribution < 1.29 is 4.74 Å². The van der Waals surface area contributed by atoms with Gasteiger partial charge in [-0.2, -0.15) is 0 Å². The number of hydrogen-bond donors (Lipinski definition) is 0. The van der Waals surface area contributed by atoms with Crippen LogP contribution in [0.5, 0.6) is 0 Å². The van der Waals surface area contributed by atoms with Crippen LogP contribution in [0.1, 0.15) is 13.3 Å². The summed E-state index contributed by atoms with van der Waals surface area (Å²) >= 11 is 0. The molecule has 1 saturated heterocycles. The molecule has 1 heterocycles. The van der Waals surface area contributed by atoms with E-state index in [0.717, 1.165) is 26.2 Å². The summed E-state index contributed by atoms with van der Waals surface area (Å²) in [7, 11) is 1.76. The summed E-state index contributed by atoms with van der Waals surface area (Å²) in [4.78, 5) is 2.30. The molecule has 1 atom stereocenters. The van der Waals surface area contributed by atoms with Crippen molar-refractivity contribution in [2.75, 3.05) is 33.4 Å². The zero-order valence-corrected chi connectivity index (χ0v) is 7.97. The van der Waals surface area contributed by atoms with Crippen molar-refractivity contribution in [1.82, 2.24) is 4.90 Å². The molecule has 1 aliphatic rings. The number of rotatable bonds is 3. The largest absolute Gasteiger partial charge is 0.384 e. The summed E-state index contributed by atoms with van der Waals surface area (Å²) in [5, 5.41) is 0. The summed E-state index contributed by atoms with van der Waals surface area (Å²) in [5.41, 5.74) is 0.325. The van der Waals surface area contributed by atoms with E-state index in [0.29, 0.717) is 5.41 Å². The fraction of sp³-hybridized carbons (Fsp3) is 0.800. The minimum atomic E-state index is 0.325. The maximum Gasteiger partial charge on any atom is 0.0599 e. The normalized spacial score (nSPS) is 30.4. The molecule has 68 valence electrons. The zero-order chi connectivity index (χ0) is 9.03. The fourth-order valence-electron chi connectivity index (χ4n) is 1.86. The van der Waals surface area contributed by atoms with E-state index in [-0.39, 0.29) is 0 Å². The van der Waals surface area contributed by atoms with E-state index in [1.165, 1.54) is 6.42 Å². The van der Waals surface area contributed by atoms with Gasteiger partial charge in [0.1, 0.15) is 0 Å². The van der Waals surface area contributed by atoms with E-state index in [9.17, 15) is 0 Å². The van der Waals surface area contributed by atoms with Crippen LogP contribution >= 0.6 is 0 Å². The standard InChI is InChI=1S/C10H17NO/c1-4-6-11-7-5-10(2,8-11)9-12-3/h1H,5-9H2,2-3H3. The Balaban J connectivity index is 2.38. The second-order valence-electron chi connectivity index (χ2n) is 3.91. The second kappa shape index (κ2) is 3.93. The van der Waals surface area contributed by atoms with E-state index in [1.807, 2.05) is 0 Å². The molecule has 2 nitrogen and oxygen atoms in total. The summed E-state index contributed by atoms with van der Waals surface area (Å²) in [6.45, 7) is 6.06. The van der Waals surface area contributed by atoms with Gasteiger partial charge in [0, 0.05) is 19.1 Å². The van der Waals surface area contributed by atoms with Gasteiger partial charge >= 0.3 is 0 Å². The van der Waals surface area contributed by atoms with Crippen molar-refractivity contribution in [3.05, 3.63) is 0 Å². The maximum atomic E-state index is 5.25. The lowest BCUT2D eigenvalue weighted by Gasteiger charge is -2.22. The van der Waals surface area contributed by atoms with Crippen LogP contribution in [0.15, 0.2) is 0 Å². The first-order valence-electron chi connectivity index (χ1n) is 4.35. The predicted molar refractivity (Wildman–Crippen MR) is 49.9 cm³/mol. The minimum Gasteiger partial charge on any atom is -0.384 e. The first kappa shape index (κ1) is 9.57. The topological polar surface area (TPSA) is 12.5 Å². The minimum absolute atomic E-state index is 0.325. The highest BCUT2D eigenvalue weighted by Crippen LogP contribution is 2.29. The van der Waals surface area contributed by atoms with Gasteiger partial charge in [0.2, 0.25) is 0 Å².